The summed E-state index contributed by atoms with van der Waals surface area (Å²) in [4.78, 5) is 12.0. The van der Waals surface area contributed by atoms with E-state index in [1.54, 1.807) is 26.2 Å². The van der Waals surface area contributed by atoms with E-state index in [0.29, 0.717) is 22.4 Å². The minimum Gasteiger partial charge on any atom is -0.497 e. The van der Waals surface area contributed by atoms with Gasteiger partial charge < -0.3 is 14.5 Å². The van der Waals surface area contributed by atoms with Crippen LogP contribution in [0.15, 0.2) is 52.1 Å². The van der Waals surface area contributed by atoms with Crippen LogP contribution < -0.4 is 10.1 Å². The molecule has 1 heterocycles. The topological polar surface area (TPSA) is 77.2 Å². The zero-order valence-corrected chi connectivity index (χ0v) is 15.0. The lowest BCUT2D eigenvalue weighted by atomic mass is 10.2. The highest BCUT2D eigenvalue weighted by atomic mass is 32.2. The first-order chi connectivity index (χ1) is 12.5. The number of nitrogens with zero attached hydrogens (tertiary/aromatic N) is 2. The van der Waals surface area contributed by atoms with E-state index in [-0.39, 0.29) is 17.5 Å². The van der Waals surface area contributed by atoms with Crippen molar-refractivity contribution >= 4 is 23.4 Å². The Morgan fingerprint density at radius 3 is 2.69 bits per heavy atom. The van der Waals surface area contributed by atoms with Gasteiger partial charge in [-0.25, -0.2) is 4.39 Å². The zero-order chi connectivity index (χ0) is 18.5. The maximum atomic E-state index is 13.1. The smallest absolute Gasteiger partial charge is 0.277 e. The molecule has 0 atom stereocenters. The van der Waals surface area contributed by atoms with Gasteiger partial charge in [-0.3, -0.25) is 4.79 Å². The lowest BCUT2D eigenvalue weighted by Gasteiger charge is -2.07. The number of methoxy groups -OCH3 is 1. The molecule has 8 heteroatoms. The van der Waals surface area contributed by atoms with Gasteiger partial charge in [0.1, 0.15) is 11.6 Å². The fourth-order valence-corrected chi connectivity index (χ4v) is 2.76. The number of benzene rings is 2. The van der Waals surface area contributed by atoms with Gasteiger partial charge in [0.2, 0.25) is 11.8 Å². The van der Waals surface area contributed by atoms with Gasteiger partial charge in [-0.05, 0) is 55.0 Å². The Bertz CT molecular complexity index is 912. The Morgan fingerprint density at radius 2 is 2.00 bits per heavy atom. The molecular weight excluding hydrogens is 357 g/mol. The molecule has 0 aliphatic rings. The van der Waals surface area contributed by atoms with E-state index in [1.807, 2.05) is 12.1 Å². The molecule has 3 aromatic rings. The number of ether oxygens (including phenoxy) is 1. The average Bonchev–Trinajstić information content (AvgIpc) is 3.11. The van der Waals surface area contributed by atoms with Gasteiger partial charge in [0.05, 0.1) is 12.9 Å². The van der Waals surface area contributed by atoms with Crippen LogP contribution in [0.5, 0.6) is 5.75 Å². The normalized spacial score (nSPS) is 10.6. The van der Waals surface area contributed by atoms with Crippen molar-refractivity contribution in [2.24, 2.45) is 0 Å². The van der Waals surface area contributed by atoms with Crippen LogP contribution in [0, 0.1) is 12.7 Å². The quantitative estimate of drug-likeness (QED) is 0.660. The monoisotopic (exact) mass is 373 g/mol. The molecule has 0 bridgehead atoms. The summed E-state index contributed by atoms with van der Waals surface area (Å²) in [6.07, 6.45) is 0. The predicted molar refractivity (Wildman–Crippen MR) is 96.8 cm³/mol. The summed E-state index contributed by atoms with van der Waals surface area (Å²) in [5.41, 5.74) is 1.99. The maximum absolute atomic E-state index is 13.1. The summed E-state index contributed by atoms with van der Waals surface area (Å²) in [6.45, 7) is 1.73. The number of amides is 1. The van der Waals surface area contributed by atoms with Crippen LogP contribution in [-0.4, -0.2) is 29.0 Å². The minimum atomic E-state index is -0.341. The highest BCUT2D eigenvalue weighted by Gasteiger charge is 2.12. The van der Waals surface area contributed by atoms with Gasteiger partial charge in [-0.1, -0.05) is 11.8 Å². The number of halogens is 1. The molecule has 26 heavy (non-hydrogen) atoms. The average molecular weight is 373 g/mol. The summed E-state index contributed by atoms with van der Waals surface area (Å²) in [7, 11) is 1.59. The molecule has 1 aromatic heterocycles. The SMILES string of the molecule is COc1ccc(-c2nnc(SCC(=O)Nc3ccc(F)cc3C)o2)cc1. The first kappa shape index (κ1) is 17.9. The van der Waals surface area contributed by atoms with Gasteiger partial charge in [-0.15, -0.1) is 10.2 Å². The number of anilines is 1. The van der Waals surface area contributed by atoms with Crippen molar-refractivity contribution in [2.75, 3.05) is 18.2 Å². The molecule has 0 radical (unpaired) electrons. The van der Waals surface area contributed by atoms with Crippen molar-refractivity contribution in [3.8, 4) is 17.2 Å². The number of rotatable bonds is 6. The Morgan fingerprint density at radius 1 is 1.23 bits per heavy atom. The molecule has 0 saturated heterocycles. The second-order valence-electron chi connectivity index (χ2n) is 5.40. The molecule has 0 unspecified atom stereocenters. The lowest BCUT2D eigenvalue weighted by Crippen LogP contribution is -2.14. The molecule has 0 aliphatic carbocycles. The molecule has 0 saturated carbocycles. The predicted octanol–water partition coefficient (Wildman–Crippen LogP) is 3.92. The first-order valence-corrected chi connectivity index (χ1v) is 8.70. The standard InChI is InChI=1S/C18H16FN3O3S/c1-11-9-13(19)5-8-15(11)20-16(23)10-26-18-22-21-17(25-18)12-3-6-14(24-2)7-4-12/h3-9H,10H2,1-2H3,(H,20,23). The van der Waals surface area contributed by atoms with Crippen LogP contribution in [0.1, 0.15) is 5.56 Å². The summed E-state index contributed by atoms with van der Waals surface area (Å²) >= 11 is 1.13. The summed E-state index contributed by atoms with van der Waals surface area (Å²) in [5, 5.41) is 10.9. The molecule has 134 valence electrons. The largest absolute Gasteiger partial charge is 0.497 e. The molecule has 0 aliphatic heterocycles. The van der Waals surface area contributed by atoms with E-state index in [1.165, 1.54) is 18.2 Å². The van der Waals surface area contributed by atoms with Crippen LogP contribution in [0.3, 0.4) is 0 Å². The molecule has 1 amide bonds. The van der Waals surface area contributed by atoms with E-state index in [4.69, 9.17) is 9.15 Å². The van der Waals surface area contributed by atoms with Crippen LogP contribution in [0.2, 0.25) is 0 Å². The number of aromatic nitrogens is 2. The highest BCUT2D eigenvalue weighted by Crippen LogP contribution is 2.25. The van der Waals surface area contributed by atoms with Gasteiger partial charge in [0.25, 0.3) is 5.22 Å². The molecule has 1 N–H and O–H groups in total. The summed E-state index contributed by atoms with van der Waals surface area (Å²) in [6, 6.07) is 11.4. The number of aryl methyl sites for hydroxylation is 1. The third kappa shape index (κ3) is 4.40. The minimum absolute atomic E-state index is 0.0983. The number of carbonyl (C=O) groups is 1. The van der Waals surface area contributed by atoms with Crippen LogP contribution >= 0.6 is 11.8 Å². The second-order valence-corrected chi connectivity index (χ2v) is 6.32. The molecule has 6 nitrogen and oxygen atoms in total. The van der Waals surface area contributed by atoms with Gasteiger partial charge in [-0.2, -0.15) is 0 Å². The van der Waals surface area contributed by atoms with Crippen molar-refractivity contribution in [3.05, 3.63) is 53.8 Å². The Hall–Kier alpha value is -2.87. The highest BCUT2D eigenvalue weighted by molar-refractivity contribution is 7.99. The molecule has 2 aromatic carbocycles. The third-order valence-electron chi connectivity index (χ3n) is 3.53. The molecule has 3 rings (SSSR count). The number of hydrogen-bond donors (Lipinski definition) is 1. The molecular formula is C18H16FN3O3S. The van der Waals surface area contributed by atoms with Gasteiger partial charge in [0.15, 0.2) is 0 Å². The second kappa shape index (κ2) is 8.01. The summed E-state index contributed by atoms with van der Waals surface area (Å²) < 4.78 is 23.7. The Labute approximate surface area is 153 Å². The van der Waals surface area contributed by atoms with Crippen LogP contribution in [-0.2, 0) is 4.79 Å². The fraction of sp³-hybridized carbons (Fsp3) is 0.167. The van der Waals surface area contributed by atoms with Crippen molar-refractivity contribution in [1.29, 1.82) is 0 Å². The van der Waals surface area contributed by atoms with E-state index in [2.05, 4.69) is 15.5 Å². The van der Waals surface area contributed by atoms with E-state index < -0.39 is 0 Å². The zero-order valence-electron chi connectivity index (χ0n) is 14.2. The third-order valence-corrected chi connectivity index (χ3v) is 4.35. The number of hydrogen-bond acceptors (Lipinski definition) is 6. The number of nitrogens with one attached hydrogen (secondary N) is 1. The van der Waals surface area contributed by atoms with Gasteiger partial charge >= 0.3 is 0 Å². The fourth-order valence-electron chi connectivity index (χ4n) is 2.20. The van der Waals surface area contributed by atoms with Crippen LogP contribution in [0.25, 0.3) is 11.5 Å². The lowest BCUT2D eigenvalue weighted by molar-refractivity contribution is -0.113. The van der Waals surface area contributed by atoms with Crippen molar-refractivity contribution in [2.45, 2.75) is 12.1 Å². The first-order valence-electron chi connectivity index (χ1n) is 7.72. The number of carbonyl (C=O) groups excluding carboxylic acids is 1. The van der Waals surface area contributed by atoms with Gasteiger partial charge in [0, 0.05) is 11.3 Å². The van der Waals surface area contributed by atoms with E-state index in [9.17, 15) is 9.18 Å². The van der Waals surface area contributed by atoms with Crippen molar-refractivity contribution in [1.82, 2.24) is 10.2 Å². The van der Waals surface area contributed by atoms with Crippen LogP contribution in [0.4, 0.5) is 10.1 Å². The molecule has 0 spiro atoms. The van der Waals surface area contributed by atoms with E-state index in [0.717, 1.165) is 23.1 Å². The van der Waals surface area contributed by atoms with Crippen molar-refractivity contribution < 1.29 is 18.3 Å². The molecule has 0 fully saturated rings. The summed E-state index contributed by atoms with van der Waals surface area (Å²) in [5.74, 6) is 0.613. The maximum Gasteiger partial charge on any atom is 0.277 e. The Balaban J connectivity index is 1.58. The Kier molecular flexibility index (Phi) is 5.52. The number of thioether (sulfide) groups is 1. The van der Waals surface area contributed by atoms with E-state index >= 15 is 0 Å². The van der Waals surface area contributed by atoms with Crippen molar-refractivity contribution in [3.63, 3.8) is 0 Å².